The van der Waals surface area contributed by atoms with Crippen LogP contribution in [0.2, 0.25) is 5.02 Å². The summed E-state index contributed by atoms with van der Waals surface area (Å²) in [4.78, 5) is 2.23. The summed E-state index contributed by atoms with van der Waals surface area (Å²) in [6, 6.07) is 16.0. The van der Waals surface area contributed by atoms with Gasteiger partial charge in [0, 0.05) is 36.0 Å². The van der Waals surface area contributed by atoms with Gasteiger partial charge in [-0.2, -0.15) is 0 Å². The molecule has 6 heteroatoms. The van der Waals surface area contributed by atoms with Crippen LogP contribution in [0.4, 0.5) is 11.4 Å². The minimum absolute atomic E-state index is 0.603. The van der Waals surface area contributed by atoms with Gasteiger partial charge in [-0.05, 0) is 64.9 Å². The zero-order valence-corrected chi connectivity index (χ0v) is 16.0. The molecule has 0 saturated heterocycles. The zero-order chi connectivity index (χ0) is 16.7. The maximum absolute atomic E-state index is 6.06. The first kappa shape index (κ1) is 18.0. The van der Waals surface area contributed by atoms with Crippen LogP contribution in [0.25, 0.3) is 0 Å². The smallest absolute Gasteiger partial charge is 0.170 e. The van der Waals surface area contributed by atoms with E-state index in [9.17, 15) is 0 Å². The van der Waals surface area contributed by atoms with Crippen LogP contribution in [0.5, 0.6) is 0 Å². The molecule has 0 aliphatic heterocycles. The second-order valence-electron chi connectivity index (χ2n) is 5.12. The summed E-state index contributed by atoms with van der Waals surface area (Å²) < 4.78 is 0.868. The quantitative estimate of drug-likeness (QED) is 0.520. The fraction of sp³-hybridized carbons (Fsp3) is 0.235. The molecule has 122 valence electrons. The molecule has 2 aromatic carbocycles. The van der Waals surface area contributed by atoms with Crippen molar-refractivity contribution >= 4 is 56.2 Å². The number of anilines is 2. The van der Waals surface area contributed by atoms with Crippen molar-refractivity contribution in [1.82, 2.24) is 5.32 Å². The number of rotatable bonds is 6. The molecular formula is C17H19BrClN3S. The van der Waals surface area contributed by atoms with Gasteiger partial charge in [-0.15, -0.1) is 0 Å². The Balaban J connectivity index is 1.69. The second kappa shape index (κ2) is 9.11. The molecule has 0 unspecified atom stereocenters. The third-order valence-electron chi connectivity index (χ3n) is 3.33. The van der Waals surface area contributed by atoms with Crippen molar-refractivity contribution in [2.75, 3.05) is 30.4 Å². The van der Waals surface area contributed by atoms with Gasteiger partial charge in [0.25, 0.3) is 0 Å². The van der Waals surface area contributed by atoms with Gasteiger partial charge in [-0.25, -0.2) is 0 Å². The number of hydrogen-bond acceptors (Lipinski definition) is 2. The van der Waals surface area contributed by atoms with Gasteiger partial charge in [-0.1, -0.05) is 29.8 Å². The number of halogens is 2. The lowest BCUT2D eigenvalue weighted by Gasteiger charge is -2.19. The van der Waals surface area contributed by atoms with Crippen LogP contribution in [0, 0.1) is 0 Å². The molecule has 2 rings (SSSR count). The zero-order valence-electron chi connectivity index (χ0n) is 12.9. The van der Waals surface area contributed by atoms with Gasteiger partial charge in [0.1, 0.15) is 0 Å². The van der Waals surface area contributed by atoms with E-state index in [-0.39, 0.29) is 0 Å². The molecular weight excluding hydrogens is 394 g/mol. The van der Waals surface area contributed by atoms with E-state index in [0.29, 0.717) is 10.1 Å². The minimum Gasteiger partial charge on any atom is -0.375 e. The summed E-state index contributed by atoms with van der Waals surface area (Å²) in [6.07, 6.45) is 0.994. The molecule has 0 spiro atoms. The average molecular weight is 413 g/mol. The molecule has 0 saturated carbocycles. The van der Waals surface area contributed by atoms with E-state index in [4.69, 9.17) is 23.8 Å². The summed E-state index contributed by atoms with van der Waals surface area (Å²) in [5, 5.41) is 7.60. The summed E-state index contributed by atoms with van der Waals surface area (Å²) in [6.45, 7) is 1.77. The predicted molar refractivity (Wildman–Crippen MR) is 108 cm³/mol. The fourth-order valence-corrected chi connectivity index (χ4v) is 2.73. The van der Waals surface area contributed by atoms with Crippen LogP contribution in [0.3, 0.4) is 0 Å². The van der Waals surface area contributed by atoms with Gasteiger partial charge in [0.15, 0.2) is 5.11 Å². The average Bonchev–Trinajstić information content (AvgIpc) is 2.55. The Morgan fingerprint density at radius 1 is 1.22 bits per heavy atom. The molecule has 0 atom stereocenters. The third-order valence-corrected chi connectivity index (χ3v) is 4.81. The van der Waals surface area contributed by atoms with Crippen molar-refractivity contribution in [3.05, 3.63) is 58.0 Å². The first-order chi connectivity index (χ1) is 11.1. The van der Waals surface area contributed by atoms with Crippen molar-refractivity contribution in [1.29, 1.82) is 0 Å². The lowest BCUT2D eigenvalue weighted by Crippen LogP contribution is -2.31. The first-order valence-corrected chi connectivity index (χ1v) is 8.90. The molecule has 23 heavy (non-hydrogen) atoms. The lowest BCUT2D eigenvalue weighted by molar-refractivity contribution is 0.755. The number of nitrogens with one attached hydrogen (secondary N) is 2. The Morgan fingerprint density at radius 2 is 1.96 bits per heavy atom. The molecule has 0 radical (unpaired) electrons. The molecule has 0 aromatic heterocycles. The Hall–Kier alpha value is -1.30. The van der Waals surface area contributed by atoms with Gasteiger partial charge in [0.05, 0.1) is 5.02 Å². The minimum atomic E-state index is 0.603. The Morgan fingerprint density at radius 3 is 2.65 bits per heavy atom. The number of benzene rings is 2. The van der Waals surface area contributed by atoms with E-state index >= 15 is 0 Å². The number of para-hydroxylation sites is 1. The number of nitrogens with zero attached hydrogens (tertiary/aromatic N) is 1. The van der Waals surface area contributed by atoms with E-state index in [0.717, 1.165) is 29.7 Å². The second-order valence-corrected chi connectivity index (χ2v) is 6.79. The van der Waals surface area contributed by atoms with Crippen molar-refractivity contribution in [3.63, 3.8) is 0 Å². The topological polar surface area (TPSA) is 27.3 Å². The Kier molecular flexibility index (Phi) is 7.15. The number of hydrogen-bond donors (Lipinski definition) is 2. The van der Waals surface area contributed by atoms with Crippen LogP contribution in [-0.2, 0) is 0 Å². The van der Waals surface area contributed by atoms with Crippen LogP contribution < -0.4 is 15.5 Å². The SMILES string of the molecule is CN(CCCNC(=S)Nc1ccc(Br)c(Cl)c1)c1ccccc1. The van der Waals surface area contributed by atoms with Crippen molar-refractivity contribution in [2.45, 2.75) is 6.42 Å². The summed E-state index contributed by atoms with van der Waals surface area (Å²) in [5.41, 5.74) is 2.09. The van der Waals surface area contributed by atoms with Crippen LogP contribution in [0.15, 0.2) is 53.0 Å². The largest absolute Gasteiger partial charge is 0.375 e. The normalized spacial score (nSPS) is 10.2. The van der Waals surface area contributed by atoms with Crippen molar-refractivity contribution in [3.8, 4) is 0 Å². The van der Waals surface area contributed by atoms with E-state index in [1.54, 1.807) is 0 Å². The maximum Gasteiger partial charge on any atom is 0.170 e. The highest BCUT2D eigenvalue weighted by atomic mass is 79.9. The fourth-order valence-electron chi connectivity index (χ4n) is 2.08. The van der Waals surface area contributed by atoms with E-state index in [1.165, 1.54) is 5.69 Å². The van der Waals surface area contributed by atoms with Crippen LogP contribution >= 0.6 is 39.7 Å². The third kappa shape index (κ3) is 6.01. The summed E-state index contributed by atoms with van der Waals surface area (Å²) in [7, 11) is 2.09. The molecule has 0 bridgehead atoms. The summed E-state index contributed by atoms with van der Waals surface area (Å²) in [5.74, 6) is 0. The molecule has 2 N–H and O–H groups in total. The molecule has 0 aliphatic rings. The van der Waals surface area contributed by atoms with Gasteiger partial charge in [-0.3, -0.25) is 0 Å². The predicted octanol–water partition coefficient (Wildman–Crippen LogP) is 4.92. The highest BCUT2D eigenvalue weighted by molar-refractivity contribution is 9.10. The monoisotopic (exact) mass is 411 g/mol. The molecule has 0 fully saturated rings. The van der Waals surface area contributed by atoms with Crippen molar-refractivity contribution < 1.29 is 0 Å². The van der Waals surface area contributed by atoms with Gasteiger partial charge in [0.2, 0.25) is 0 Å². The Bertz CT molecular complexity index is 652. The van der Waals surface area contributed by atoms with E-state index in [1.807, 2.05) is 36.4 Å². The molecule has 0 aliphatic carbocycles. The highest BCUT2D eigenvalue weighted by Crippen LogP contribution is 2.25. The Labute approximate surface area is 156 Å². The van der Waals surface area contributed by atoms with Gasteiger partial charge < -0.3 is 15.5 Å². The van der Waals surface area contributed by atoms with E-state index < -0.39 is 0 Å². The lowest BCUT2D eigenvalue weighted by atomic mass is 10.3. The van der Waals surface area contributed by atoms with Crippen molar-refractivity contribution in [2.24, 2.45) is 0 Å². The molecule has 0 amide bonds. The molecule has 2 aromatic rings. The van der Waals surface area contributed by atoms with Crippen LogP contribution in [-0.4, -0.2) is 25.2 Å². The first-order valence-electron chi connectivity index (χ1n) is 7.32. The number of thiocarbonyl (C=S) groups is 1. The standard InChI is InChI=1S/C17H19BrClN3S/c1-22(14-6-3-2-4-7-14)11-5-10-20-17(23)21-13-8-9-15(18)16(19)12-13/h2-4,6-9,12H,5,10-11H2,1H3,(H2,20,21,23). The van der Waals surface area contributed by atoms with Crippen LogP contribution in [0.1, 0.15) is 6.42 Å². The molecule has 3 nitrogen and oxygen atoms in total. The molecule has 0 heterocycles. The highest BCUT2D eigenvalue weighted by Gasteiger charge is 2.02. The van der Waals surface area contributed by atoms with E-state index in [2.05, 4.69) is 50.6 Å². The van der Waals surface area contributed by atoms with Gasteiger partial charge >= 0.3 is 0 Å². The maximum atomic E-state index is 6.06. The summed E-state index contributed by atoms with van der Waals surface area (Å²) >= 11 is 14.7.